The first-order valence-electron chi connectivity index (χ1n) is 7.72. The topological polar surface area (TPSA) is 65.1 Å². The molecule has 2 N–H and O–H groups in total. The number of carbonyl (C=O) groups excluding carboxylic acids is 1. The van der Waals surface area contributed by atoms with Gasteiger partial charge in [0.2, 0.25) is 0 Å². The van der Waals surface area contributed by atoms with Gasteiger partial charge in [0.25, 0.3) is 5.56 Å². The van der Waals surface area contributed by atoms with Crippen molar-refractivity contribution in [3.8, 4) is 5.69 Å². The quantitative estimate of drug-likeness (QED) is 0.882. The van der Waals surface area contributed by atoms with E-state index in [1.54, 1.807) is 29.0 Å². The van der Waals surface area contributed by atoms with E-state index in [1.807, 2.05) is 18.2 Å². The summed E-state index contributed by atoms with van der Waals surface area (Å²) in [5, 5.41) is 0. The minimum absolute atomic E-state index is 0.0847. The molecular weight excluding hydrogens is 276 g/mol. The Kier molecular flexibility index (Phi) is 4.20. The highest BCUT2D eigenvalue weighted by atomic mass is 16.1. The normalized spacial score (nSPS) is 21.0. The maximum Gasteiger partial charge on any atom is 0.255 e. The highest BCUT2D eigenvalue weighted by molar-refractivity contribution is 5.96. The van der Waals surface area contributed by atoms with E-state index in [2.05, 4.69) is 0 Å². The number of nitrogens with zero attached hydrogens (tertiary/aromatic N) is 1. The number of rotatable bonds is 4. The van der Waals surface area contributed by atoms with Crippen molar-refractivity contribution in [2.24, 2.45) is 11.7 Å². The Labute approximate surface area is 129 Å². The van der Waals surface area contributed by atoms with E-state index in [0.29, 0.717) is 17.9 Å². The molecule has 1 aromatic heterocycles. The van der Waals surface area contributed by atoms with Crippen LogP contribution >= 0.6 is 0 Å². The standard InChI is InChI=1S/C18H20N2O2/c19-16-5-3-4-14(16)12-17(21)13-7-9-15(10-8-13)20-11-2-1-6-18(20)22/h1-2,6-11,14,16H,3-5,12,19H2. The van der Waals surface area contributed by atoms with Gasteiger partial charge in [-0.15, -0.1) is 0 Å². The van der Waals surface area contributed by atoms with Crippen LogP contribution in [0.4, 0.5) is 0 Å². The lowest BCUT2D eigenvalue weighted by atomic mass is 9.94. The van der Waals surface area contributed by atoms with Crippen LogP contribution in [0.2, 0.25) is 0 Å². The molecule has 4 nitrogen and oxygen atoms in total. The highest BCUT2D eigenvalue weighted by Crippen LogP contribution is 2.28. The molecule has 0 bridgehead atoms. The minimum Gasteiger partial charge on any atom is -0.327 e. The molecule has 2 atom stereocenters. The average molecular weight is 296 g/mol. The molecule has 2 unspecified atom stereocenters. The number of hydrogen-bond donors (Lipinski definition) is 1. The molecule has 0 aliphatic heterocycles. The lowest BCUT2D eigenvalue weighted by molar-refractivity contribution is 0.0958. The third-order valence-corrected chi connectivity index (χ3v) is 4.46. The van der Waals surface area contributed by atoms with Gasteiger partial charge in [0.05, 0.1) is 0 Å². The molecule has 1 aliphatic rings. The van der Waals surface area contributed by atoms with E-state index in [1.165, 1.54) is 6.07 Å². The second kappa shape index (κ2) is 6.28. The summed E-state index contributed by atoms with van der Waals surface area (Å²) >= 11 is 0. The predicted octanol–water partition coefficient (Wildman–Crippen LogP) is 2.54. The minimum atomic E-state index is -0.0847. The number of carbonyl (C=O) groups is 1. The first-order chi connectivity index (χ1) is 10.6. The number of aromatic nitrogens is 1. The Morgan fingerprint density at radius 3 is 2.55 bits per heavy atom. The van der Waals surface area contributed by atoms with Crippen molar-refractivity contribution in [1.29, 1.82) is 0 Å². The zero-order chi connectivity index (χ0) is 15.5. The second-order valence-electron chi connectivity index (χ2n) is 5.94. The Morgan fingerprint density at radius 1 is 1.14 bits per heavy atom. The van der Waals surface area contributed by atoms with Crippen LogP contribution in [0.3, 0.4) is 0 Å². The van der Waals surface area contributed by atoms with Crippen molar-refractivity contribution in [1.82, 2.24) is 4.57 Å². The molecule has 114 valence electrons. The summed E-state index contributed by atoms with van der Waals surface area (Å²) in [6.07, 6.45) is 5.43. The van der Waals surface area contributed by atoms with Gasteiger partial charge in [0.15, 0.2) is 5.78 Å². The zero-order valence-electron chi connectivity index (χ0n) is 12.4. The van der Waals surface area contributed by atoms with Crippen LogP contribution in [-0.2, 0) is 0 Å². The van der Waals surface area contributed by atoms with Crippen LogP contribution in [0.25, 0.3) is 5.69 Å². The summed E-state index contributed by atoms with van der Waals surface area (Å²) in [4.78, 5) is 24.1. The van der Waals surface area contributed by atoms with Crippen molar-refractivity contribution in [3.63, 3.8) is 0 Å². The van der Waals surface area contributed by atoms with Crippen LogP contribution in [0.1, 0.15) is 36.0 Å². The molecule has 1 heterocycles. The maximum atomic E-state index is 12.3. The van der Waals surface area contributed by atoms with Crippen molar-refractivity contribution in [2.75, 3.05) is 0 Å². The van der Waals surface area contributed by atoms with Crippen LogP contribution in [0.5, 0.6) is 0 Å². The molecule has 0 saturated heterocycles. The summed E-state index contributed by atoms with van der Waals surface area (Å²) in [6.45, 7) is 0. The summed E-state index contributed by atoms with van der Waals surface area (Å²) in [5.41, 5.74) is 7.40. The van der Waals surface area contributed by atoms with E-state index in [0.717, 1.165) is 24.9 Å². The monoisotopic (exact) mass is 296 g/mol. The Morgan fingerprint density at radius 2 is 1.91 bits per heavy atom. The first-order valence-corrected chi connectivity index (χ1v) is 7.72. The fourth-order valence-electron chi connectivity index (χ4n) is 3.12. The molecule has 0 amide bonds. The van der Waals surface area contributed by atoms with Gasteiger partial charge in [-0.3, -0.25) is 14.2 Å². The van der Waals surface area contributed by atoms with Gasteiger partial charge >= 0.3 is 0 Å². The number of Topliss-reactive ketones (excluding diaryl/α,β-unsaturated/α-hetero) is 1. The smallest absolute Gasteiger partial charge is 0.255 e. The van der Waals surface area contributed by atoms with Crippen LogP contribution < -0.4 is 11.3 Å². The van der Waals surface area contributed by atoms with Crippen LogP contribution in [0.15, 0.2) is 53.5 Å². The number of benzene rings is 1. The molecule has 4 heteroatoms. The molecule has 22 heavy (non-hydrogen) atoms. The van der Waals surface area contributed by atoms with Crippen LogP contribution in [-0.4, -0.2) is 16.4 Å². The number of pyridine rings is 1. The number of ketones is 1. The van der Waals surface area contributed by atoms with Crippen LogP contribution in [0, 0.1) is 5.92 Å². The average Bonchev–Trinajstić information content (AvgIpc) is 2.93. The van der Waals surface area contributed by atoms with Gasteiger partial charge in [-0.1, -0.05) is 12.5 Å². The Balaban J connectivity index is 1.75. The number of nitrogens with two attached hydrogens (primary N) is 1. The summed E-state index contributed by atoms with van der Waals surface area (Å²) < 4.78 is 1.56. The van der Waals surface area contributed by atoms with Gasteiger partial charge in [0, 0.05) is 36.0 Å². The van der Waals surface area contributed by atoms with E-state index in [4.69, 9.17) is 5.73 Å². The van der Waals surface area contributed by atoms with Gasteiger partial charge in [-0.05, 0) is 49.1 Å². The fraction of sp³-hybridized carbons (Fsp3) is 0.333. The van der Waals surface area contributed by atoms with E-state index < -0.39 is 0 Å². The van der Waals surface area contributed by atoms with Gasteiger partial charge in [-0.25, -0.2) is 0 Å². The molecule has 1 aliphatic carbocycles. The lowest BCUT2D eigenvalue weighted by Gasteiger charge is -2.14. The molecule has 0 spiro atoms. The SMILES string of the molecule is NC1CCCC1CC(=O)c1ccc(-n2ccccc2=O)cc1. The third-order valence-electron chi connectivity index (χ3n) is 4.46. The number of hydrogen-bond acceptors (Lipinski definition) is 3. The largest absolute Gasteiger partial charge is 0.327 e. The molecule has 3 rings (SSSR count). The van der Waals surface area contributed by atoms with E-state index >= 15 is 0 Å². The summed E-state index contributed by atoms with van der Waals surface area (Å²) in [5.74, 6) is 0.443. The molecule has 0 radical (unpaired) electrons. The Hall–Kier alpha value is -2.20. The molecule has 2 aromatic rings. The predicted molar refractivity (Wildman–Crippen MR) is 86.3 cm³/mol. The molecule has 1 aromatic carbocycles. The van der Waals surface area contributed by atoms with E-state index in [9.17, 15) is 9.59 Å². The Bertz CT molecular complexity index is 718. The summed E-state index contributed by atoms with van der Waals surface area (Å²) in [6, 6.07) is 12.4. The molecule has 1 fully saturated rings. The van der Waals surface area contributed by atoms with Gasteiger partial charge in [0.1, 0.15) is 0 Å². The van der Waals surface area contributed by atoms with Crippen molar-refractivity contribution >= 4 is 5.78 Å². The van der Waals surface area contributed by atoms with Crippen molar-refractivity contribution < 1.29 is 4.79 Å². The molecular formula is C18H20N2O2. The first kappa shape index (κ1) is 14.7. The zero-order valence-corrected chi connectivity index (χ0v) is 12.4. The fourth-order valence-corrected chi connectivity index (χ4v) is 3.12. The maximum absolute atomic E-state index is 12.3. The summed E-state index contributed by atoms with van der Waals surface area (Å²) in [7, 11) is 0. The van der Waals surface area contributed by atoms with Gasteiger partial charge < -0.3 is 5.73 Å². The molecule has 1 saturated carbocycles. The van der Waals surface area contributed by atoms with Crippen molar-refractivity contribution in [3.05, 3.63) is 64.6 Å². The second-order valence-corrected chi connectivity index (χ2v) is 5.94. The highest BCUT2D eigenvalue weighted by Gasteiger charge is 2.26. The van der Waals surface area contributed by atoms with Crippen molar-refractivity contribution in [2.45, 2.75) is 31.7 Å². The van der Waals surface area contributed by atoms with E-state index in [-0.39, 0.29) is 17.4 Å². The lowest BCUT2D eigenvalue weighted by Crippen LogP contribution is -2.26. The third kappa shape index (κ3) is 3.02. The van der Waals surface area contributed by atoms with Gasteiger partial charge in [-0.2, -0.15) is 0 Å².